The number of ether oxygens (including phenoxy) is 1. The highest BCUT2D eigenvalue weighted by Gasteiger charge is 2.08. The number of benzene rings is 1. The standard InChI is InChI=1S/C9H7BrN2OS/c10-8-5-12-9(14-8)13-7-3-1-6(11)2-4-7/h1-5H,11H2/p+1. The third-order valence-corrected chi connectivity index (χ3v) is 3.00. The minimum atomic E-state index is 0.730. The fraction of sp³-hybridized carbons (Fsp3) is 0. The molecule has 0 amide bonds. The Morgan fingerprint density at radius 3 is 2.57 bits per heavy atom. The number of thiazole rings is 1. The van der Waals surface area contributed by atoms with E-state index in [1.807, 2.05) is 18.3 Å². The van der Waals surface area contributed by atoms with Crippen LogP contribution in [0.15, 0.2) is 34.2 Å². The molecule has 0 atom stereocenters. The predicted octanol–water partition coefficient (Wildman–Crippen LogP) is 2.70. The number of nitrogen functional groups attached to an aromatic ring is 1. The van der Waals surface area contributed by atoms with Crippen LogP contribution >= 0.6 is 27.3 Å². The molecule has 0 saturated carbocycles. The van der Waals surface area contributed by atoms with Gasteiger partial charge in [0.05, 0.1) is 0 Å². The third-order valence-electron chi connectivity index (χ3n) is 1.58. The number of aromatic amines is 1. The van der Waals surface area contributed by atoms with Gasteiger partial charge in [-0.25, -0.2) is 0 Å². The molecule has 0 aliphatic heterocycles. The van der Waals surface area contributed by atoms with Crippen molar-refractivity contribution in [2.75, 3.05) is 5.73 Å². The molecule has 5 heteroatoms. The minimum absolute atomic E-state index is 0.730. The summed E-state index contributed by atoms with van der Waals surface area (Å²) in [5.41, 5.74) is 6.29. The van der Waals surface area contributed by atoms with Crippen molar-refractivity contribution >= 4 is 33.0 Å². The van der Waals surface area contributed by atoms with E-state index in [-0.39, 0.29) is 0 Å². The van der Waals surface area contributed by atoms with Crippen molar-refractivity contribution in [1.29, 1.82) is 0 Å². The van der Waals surface area contributed by atoms with Crippen molar-refractivity contribution in [1.82, 2.24) is 0 Å². The molecule has 0 bridgehead atoms. The number of hydrogen-bond donors (Lipinski definition) is 1. The van der Waals surface area contributed by atoms with Crippen LogP contribution < -0.4 is 15.5 Å². The van der Waals surface area contributed by atoms with E-state index in [4.69, 9.17) is 10.5 Å². The Bertz CT molecular complexity index is 427. The van der Waals surface area contributed by atoms with E-state index in [1.165, 1.54) is 11.3 Å². The van der Waals surface area contributed by atoms with Gasteiger partial charge in [0.2, 0.25) is 0 Å². The number of halogens is 1. The number of aromatic nitrogens is 1. The summed E-state index contributed by atoms with van der Waals surface area (Å²) in [6.45, 7) is 0. The van der Waals surface area contributed by atoms with Gasteiger partial charge in [-0.05, 0) is 51.5 Å². The first-order chi connectivity index (χ1) is 6.74. The maximum atomic E-state index is 5.56. The average Bonchev–Trinajstić information content (AvgIpc) is 2.56. The Hall–Kier alpha value is -1.07. The largest absolute Gasteiger partial charge is 0.435 e. The summed E-state index contributed by atoms with van der Waals surface area (Å²) in [5, 5.41) is 0.738. The number of rotatable bonds is 2. The van der Waals surface area contributed by atoms with Crippen molar-refractivity contribution in [3.63, 3.8) is 0 Å². The van der Waals surface area contributed by atoms with Crippen molar-refractivity contribution < 1.29 is 9.72 Å². The fourth-order valence-corrected chi connectivity index (χ4v) is 2.06. The molecule has 3 N–H and O–H groups in total. The number of H-pyrrole nitrogens is 1. The van der Waals surface area contributed by atoms with E-state index in [9.17, 15) is 0 Å². The molecule has 0 radical (unpaired) electrons. The molecular formula is C9H8BrN2OS+. The summed E-state index contributed by atoms with van der Waals surface area (Å²) in [6.07, 6.45) is 1.83. The lowest BCUT2D eigenvalue weighted by molar-refractivity contribution is -0.383. The van der Waals surface area contributed by atoms with Crippen molar-refractivity contribution in [2.24, 2.45) is 0 Å². The van der Waals surface area contributed by atoms with Gasteiger partial charge in [0.1, 0.15) is 9.54 Å². The average molecular weight is 272 g/mol. The molecular weight excluding hydrogens is 264 g/mol. The molecule has 1 aromatic carbocycles. The first-order valence-corrected chi connectivity index (χ1v) is 5.55. The number of nitrogens with two attached hydrogens (primary N) is 1. The normalized spacial score (nSPS) is 10.1. The van der Waals surface area contributed by atoms with Gasteiger partial charge >= 0.3 is 5.19 Å². The van der Waals surface area contributed by atoms with Crippen LogP contribution in [-0.2, 0) is 0 Å². The fourth-order valence-electron chi connectivity index (χ4n) is 0.956. The lowest BCUT2D eigenvalue weighted by atomic mass is 10.3. The number of anilines is 1. The second-order valence-electron chi connectivity index (χ2n) is 2.65. The molecule has 3 nitrogen and oxygen atoms in total. The molecule has 2 aromatic rings. The zero-order valence-corrected chi connectivity index (χ0v) is 9.56. The number of nitrogens with one attached hydrogen (secondary N) is 1. The second-order valence-corrected chi connectivity index (χ2v) is 5.05. The van der Waals surface area contributed by atoms with Gasteiger partial charge in [-0.15, -0.1) is 0 Å². The van der Waals surface area contributed by atoms with E-state index in [1.54, 1.807) is 12.1 Å². The lowest BCUT2D eigenvalue weighted by Gasteiger charge is -1.97. The summed E-state index contributed by atoms with van der Waals surface area (Å²) in [5.74, 6) is 0.768. The van der Waals surface area contributed by atoms with Crippen LogP contribution in [0.4, 0.5) is 5.69 Å². The first-order valence-electron chi connectivity index (χ1n) is 3.94. The van der Waals surface area contributed by atoms with E-state index in [0.717, 1.165) is 20.4 Å². The van der Waals surface area contributed by atoms with Crippen LogP contribution in [0.25, 0.3) is 0 Å². The van der Waals surface area contributed by atoms with Gasteiger partial charge in [0, 0.05) is 5.69 Å². The summed E-state index contributed by atoms with van der Waals surface area (Å²) >= 11 is 4.84. The van der Waals surface area contributed by atoms with Crippen LogP contribution in [0, 0.1) is 0 Å². The van der Waals surface area contributed by atoms with Crippen LogP contribution in [0.2, 0.25) is 0 Å². The highest BCUT2D eigenvalue weighted by atomic mass is 79.9. The molecule has 1 heterocycles. The zero-order valence-electron chi connectivity index (χ0n) is 7.16. The van der Waals surface area contributed by atoms with Gasteiger partial charge < -0.3 is 10.5 Å². The molecule has 0 aliphatic rings. The maximum Gasteiger partial charge on any atom is 0.435 e. The summed E-state index contributed by atoms with van der Waals surface area (Å²) in [7, 11) is 0. The van der Waals surface area contributed by atoms with Crippen LogP contribution in [0.1, 0.15) is 0 Å². The molecule has 72 valence electrons. The minimum Gasteiger partial charge on any atom is -0.399 e. The zero-order chi connectivity index (χ0) is 9.97. The summed E-state index contributed by atoms with van der Waals surface area (Å²) in [6, 6.07) is 7.27. The first kappa shape index (κ1) is 9.48. The molecule has 0 saturated heterocycles. The Balaban J connectivity index is 2.15. The smallest absolute Gasteiger partial charge is 0.399 e. The SMILES string of the molecule is Nc1ccc(Oc2[nH+]cc(Br)s2)cc1. The van der Waals surface area contributed by atoms with E-state index in [0.29, 0.717) is 0 Å². The molecule has 0 unspecified atom stereocenters. The Morgan fingerprint density at radius 2 is 2.00 bits per heavy atom. The Kier molecular flexibility index (Phi) is 2.69. The molecule has 0 aliphatic carbocycles. The topological polar surface area (TPSA) is 49.4 Å². The Labute approximate surface area is 93.7 Å². The van der Waals surface area contributed by atoms with E-state index < -0.39 is 0 Å². The van der Waals surface area contributed by atoms with Crippen LogP contribution in [0.5, 0.6) is 10.9 Å². The highest BCUT2D eigenvalue weighted by molar-refractivity contribution is 9.11. The lowest BCUT2D eigenvalue weighted by Crippen LogP contribution is -1.98. The highest BCUT2D eigenvalue weighted by Crippen LogP contribution is 2.26. The van der Waals surface area contributed by atoms with Crippen LogP contribution in [-0.4, -0.2) is 0 Å². The van der Waals surface area contributed by atoms with Crippen molar-refractivity contribution in [3.8, 4) is 10.9 Å². The molecule has 1 aromatic heterocycles. The molecule has 14 heavy (non-hydrogen) atoms. The van der Waals surface area contributed by atoms with Crippen LogP contribution in [0.3, 0.4) is 0 Å². The monoisotopic (exact) mass is 271 g/mol. The molecule has 0 fully saturated rings. The second kappa shape index (κ2) is 3.98. The van der Waals surface area contributed by atoms with Crippen molar-refractivity contribution in [3.05, 3.63) is 34.2 Å². The van der Waals surface area contributed by atoms with Crippen molar-refractivity contribution in [2.45, 2.75) is 0 Å². The van der Waals surface area contributed by atoms with Gasteiger partial charge in [-0.3, -0.25) is 0 Å². The predicted molar refractivity (Wildman–Crippen MR) is 59.5 cm³/mol. The summed E-state index contributed by atoms with van der Waals surface area (Å²) < 4.78 is 6.53. The van der Waals surface area contributed by atoms with Gasteiger partial charge in [0.25, 0.3) is 0 Å². The summed E-state index contributed by atoms with van der Waals surface area (Å²) in [4.78, 5) is 2.99. The number of hydrogen-bond acceptors (Lipinski definition) is 3. The molecule has 0 spiro atoms. The third kappa shape index (κ3) is 2.24. The molecule has 2 rings (SSSR count). The van der Waals surface area contributed by atoms with Gasteiger partial charge in [-0.1, -0.05) is 0 Å². The Morgan fingerprint density at radius 1 is 1.29 bits per heavy atom. The van der Waals surface area contributed by atoms with E-state index in [2.05, 4.69) is 20.9 Å². The maximum absolute atomic E-state index is 5.56. The van der Waals surface area contributed by atoms with Gasteiger partial charge in [-0.2, -0.15) is 4.98 Å². The quantitative estimate of drug-likeness (QED) is 0.854. The van der Waals surface area contributed by atoms with E-state index >= 15 is 0 Å². The van der Waals surface area contributed by atoms with Gasteiger partial charge in [0.15, 0.2) is 6.20 Å².